The molecule has 2 aliphatic heterocycles. The topological polar surface area (TPSA) is 145 Å². The fourth-order valence-electron chi connectivity index (χ4n) is 6.37. The number of nitrogens with zero attached hydrogens (tertiary/aromatic N) is 2. The number of hydrogen-bond donors (Lipinski definition) is 3. The van der Waals surface area contributed by atoms with Crippen molar-refractivity contribution in [2.24, 2.45) is 22.2 Å². The Morgan fingerprint density at radius 2 is 2.03 bits per heavy atom. The Morgan fingerprint density at radius 3 is 2.74 bits per heavy atom. The summed E-state index contributed by atoms with van der Waals surface area (Å²) in [5, 5.41) is 16.2. The van der Waals surface area contributed by atoms with Crippen LogP contribution in [0, 0.1) is 23.6 Å². The zero-order valence-electron chi connectivity index (χ0n) is 20.5. The molecule has 1 amide bonds. The number of amidine groups is 1. The van der Waals surface area contributed by atoms with Crippen LogP contribution in [0.5, 0.6) is 0 Å². The van der Waals surface area contributed by atoms with Crippen molar-refractivity contribution in [2.45, 2.75) is 43.3 Å². The van der Waals surface area contributed by atoms with Gasteiger partial charge in [-0.25, -0.2) is 17.5 Å². The highest BCUT2D eigenvalue weighted by molar-refractivity contribution is 7.91. The fraction of sp³-hybridized carbons (Fsp3) is 0.417. The third-order valence-corrected chi connectivity index (χ3v) is 11.4. The van der Waals surface area contributed by atoms with Crippen molar-refractivity contribution >= 4 is 59.7 Å². The molecule has 2 aromatic rings. The van der Waals surface area contributed by atoms with Crippen LogP contribution in [0.3, 0.4) is 0 Å². The van der Waals surface area contributed by atoms with Crippen molar-refractivity contribution in [1.82, 2.24) is 9.62 Å². The molecule has 208 valence electrons. The van der Waals surface area contributed by atoms with Crippen molar-refractivity contribution in [2.75, 3.05) is 11.6 Å². The van der Waals surface area contributed by atoms with Crippen LogP contribution >= 0.6 is 22.9 Å². The standard InChI is InChI=1S/C24H24ClFN4O6S3/c1-38(33,34)27-8-14-10-37-23-21(14)39(35,36)29-22(28-23)18-20(31)17-11-2-3-12(6-11)19(17)30(24(18)32)9-13-4-5-15(26)7-16(13)25/h4-5,7,10-12,17,19,27,31H,2-3,6,8-9H2,1H3,(H,28,29)/t11-,12+,17?,19?/m1/s1. The quantitative estimate of drug-likeness (QED) is 0.452. The first-order valence-electron chi connectivity index (χ1n) is 12.2. The van der Waals surface area contributed by atoms with Crippen LogP contribution in [0.4, 0.5) is 9.39 Å². The summed E-state index contributed by atoms with van der Waals surface area (Å²) >= 11 is 7.31. The van der Waals surface area contributed by atoms with Crippen LogP contribution in [-0.4, -0.2) is 50.9 Å². The zero-order valence-corrected chi connectivity index (χ0v) is 23.7. The first-order valence-corrected chi connectivity index (χ1v) is 16.8. The number of hydrogen-bond acceptors (Lipinski definition) is 8. The van der Waals surface area contributed by atoms with E-state index in [4.69, 9.17) is 11.6 Å². The molecular weight excluding hydrogens is 591 g/mol. The van der Waals surface area contributed by atoms with Gasteiger partial charge in [-0.05, 0) is 54.2 Å². The molecule has 0 radical (unpaired) electrons. The Kier molecular flexibility index (Phi) is 6.34. The Balaban J connectivity index is 1.40. The maximum atomic E-state index is 14.0. The lowest BCUT2D eigenvalue weighted by Crippen LogP contribution is -2.53. The molecule has 0 saturated heterocycles. The number of rotatable bonds is 6. The first-order chi connectivity index (χ1) is 18.3. The second kappa shape index (κ2) is 9.26. The predicted molar refractivity (Wildman–Crippen MR) is 144 cm³/mol. The van der Waals surface area contributed by atoms with Crippen molar-refractivity contribution in [1.29, 1.82) is 0 Å². The van der Waals surface area contributed by atoms with Crippen LogP contribution < -0.4 is 10.0 Å². The second-order valence-electron chi connectivity index (χ2n) is 10.3. The van der Waals surface area contributed by atoms with Crippen molar-refractivity contribution in [3.8, 4) is 0 Å². The number of amides is 1. The molecule has 3 N–H and O–H groups in total. The van der Waals surface area contributed by atoms with Gasteiger partial charge in [-0.3, -0.25) is 4.79 Å². The Bertz CT molecular complexity index is 1690. The third-order valence-electron chi connectivity index (χ3n) is 7.91. The fourth-order valence-corrected chi connectivity index (χ4v) is 9.62. The molecule has 2 aliphatic carbocycles. The number of carbonyl (C=O) groups is 1. The van der Waals surface area contributed by atoms with Crippen LogP contribution in [0.1, 0.15) is 30.4 Å². The summed E-state index contributed by atoms with van der Waals surface area (Å²) in [4.78, 5) is 15.4. The van der Waals surface area contributed by atoms with Crippen molar-refractivity contribution in [3.05, 3.63) is 56.9 Å². The largest absolute Gasteiger partial charge is 0.511 e. The molecular formula is C24H24ClFN4O6S3. The smallest absolute Gasteiger partial charge is 0.287 e. The molecule has 1 aromatic heterocycles. The van der Waals surface area contributed by atoms with Gasteiger partial charge in [0.05, 0.1) is 6.26 Å². The molecule has 1 aromatic carbocycles. The van der Waals surface area contributed by atoms with E-state index in [9.17, 15) is 31.1 Å². The molecule has 6 rings (SSSR count). The normalized spacial score (nSPS) is 27.3. The number of sulfonamides is 2. The van der Waals surface area contributed by atoms with E-state index in [1.54, 1.807) is 4.90 Å². The number of thiophene rings is 1. The van der Waals surface area contributed by atoms with E-state index >= 15 is 0 Å². The predicted octanol–water partition coefficient (Wildman–Crippen LogP) is 3.37. The van der Waals surface area contributed by atoms with E-state index in [2.05, 4.69) is 14.4 Å². The number of benzene rings is 1. The highest BCUT2D eigenvalue weighted by atomic mass is 35.5. The average Bonchev–Trinajstić information content (AvgIpc) is 3.56. The van der Waals surface area contributed by atoms with E-state index in [1.165, 1.54) is 23.6 Å². The van der Waals surface area contributed by atoms with E-state index in [-0.39, 0.29) is 74.5 Å². The molecule has 4 aliphatic rings. The summed E-state index contributed by atoms with van der Waals surface area (Å²) in [5.41, 5.74) is 0.522. The summed E-state index contributed by atoms with van der Waals surface area (Å²) in [6.07, 6.45) is 3.59. The van der Waals surface area contributed by atoms with Gasteiger partial charge in [0.1, 0.15) is 27.0 Å². The number of anilines is 1. The van der Waals surface area contributed by atoms with Gasteiger partial charge < -0.3 is 15.3 Å². The molecule has 2 fully saturated rings. The Morgan fingerprint density at radius 1 is 1.28 bits per heavy atom. The first kappa shape index (κ1) is 26.7. The van der Waals surface area contributed by atoms with Gasteiger partial charge in [-0.1, -0.05) is 17.7 Å². The molecule has 2 saturated carbocycles. The van der Waals surface area contributed by atoms with E-state index in [0.717, 1.165) is 36.9 Å². The summed E-state index contributed by atoms with van der Waals surface area (Å²) in [6.45, 7) is -0.187. The second-order valence-corrected chi connectivity index (χ2v) is 15.0. The van der Waals surface area contributed by atoms with Gasteiger partial charge in [0.25, 0.3) is 15.9 Å². The van der Waals surface area contributed by atoms with E-state index < -0.39 is 31.8 Å². The molecule has 0 spiro atoms. The number of carbonyl (C=O) groups excluding carboxylic acids is 1. The maximum absolute atomic E-state index is 14.0. The minimum absolute atomic E-state index is 0.0602. The van der Waals surface area contributed by atoms with E-state index in [0.29, 0.717) is 5.56 Å². The van der Waals surface area contributed by atoms with Crippen molar-refractivity contribution < 1.29 is 31.1 Å². The lowest BCUT2D eigenvalue weighted by atomic mass is 9.77. The molecule has 15 heteroatoms. The summed E-state index contributed by atoms with van der Waals surface area (Å²) in [7, 11) is -7.91. The number of aliphatic hydroxyl groups excluding tert-OH is 1. The molecule has 2 unspecified atom stereocenters. The SMILES string of the molecule is CS(=O)(=O)NCc1csc2c1S(=O)(=O)N=C(C1=C(O)C3C([C@H]4CC[C@@H]3C4)N(Cc3ccc(F)cc3Cl)C1=O)N2. The van der Waals surface area contributed by atoms with Crippen LogP contribution in [0.15, 0.2) is 44.2 Å². The summed E-state index contributed by atoms with van der Waals surface area (Å²) in [6, 6.07) is 3.64. The lowest BCUT2D eigenvalue weighted by molar-refractivity contribution is -0.134. The zero-order chi connectivity index (χ0) is 27.9. The van der Waals surface area contributed by atoms with Gasteiger partial charge in [0.15, 0.2) is 5.84 Å². The lowest BCUT2D eigenvalue weighted by Gasteiger charge is -2.44. The van der Waals surface area contributed by atoms with Gasteiger partial charge in [0.2, 0.25) is 10.0 Å². The van der Waals surface area contributed by atoms with Gasteiger partial charge in [-0.2, -0.15) is 8.42 Å². The van der Waals surface area contributed by atoms with Gasteiger partial charge in [-0.15, -0.1) is 15.7 Å². The number of halogens is 2. The minimum Gasteiger partial charge on any atom is -0.511 e. The number of aliphatic hydroxyl groups is 1. The van der Waals surface area contributed by atoms with Crippen LogP contribution in [0.25, 0.3) is 0 Å². The van der Waals surface area contributed by atoms with Crippen LogP contribution in [-0.2, 0) is 37.9 Å². The van der Waals surface area contributed by atoms with E-state index in [1.807, 2.05) is 0 Å². The Labute approximate surface area is 233 Å². The number of nitrogens with one attached hydrogen (secondary N) is 2. The summed E-state index contributed by atoms with van der Waals surface area (Å²) < 4.78 is 69.4. The maximum Gasteiger partial charge on any atom is 0.287 e. The minimum atomic E-state index is -4.34. The highest BCUT2D eigenvalue weighted by Crippen LogP contribution is 2.55. The molecule has 3 heterocycles. The monoisotopic (exact) mass is 614 g/mol. The number of fused-ring (bicyclic) bond motifs is 6. The van der Waals surface area contributed by atoms with Crippen LogP contribution in [0.2, 0.25) is 5.02 Å². The van der Waals surface area contributed by atoms with Gasteiger partial charge >= 0.3 is 0 Å². The molecule has 2 bridgehead atoms. The Hall–Kier alpha value is -2.52. The highest BCUT2D eigenvalue weighted by Gasteiger charge is 2.57. The third kappa shape index (κ3) is 4.55. The molecule has 39 heavy (non-hydrogen) atoms. The summed E-state index contributed by atoms with van der Waals surface area (Å²) in [5.74, 6) is -1.66. The molecule has 4 atom stereocenters. The average molecular weight is 615 g/mol. The van der Waals surface area contributed by atoms with Gasteiger partial charge in [0, 0.05) is 35.6 Å². The molecule has 10 nitrogen and oxygen atoms in total. The van der Waals surface area contributed by atoms with Crippen molar-refractivity contribution in [3.63, 3.8) is 0 Å².